The molecule has 2 aromatic rings. The highest BCUT2D eigenvalue weighted by Gasteiger charge is 2.26. The van der Waals surface area contributed by atoms with E-state index in [-0.39, 0.29) is 24.1 Å². The summed E-state index contributed by atoms with van der Waals surface area (Å²) < 4.78 is 28.2. The smallest absolute Gasteiger partial charge is 0.329 e. The van der Waals surface area contributed by atoms with Crippen LogP contribution in [-0.2, 0) is 27.9 Å². The molecule has 0 aliphatic carbocycles. The van der Waals surface area contributed by atoms with Crippen LogP contribution >= 0.6 is 0 Å². The quantitative estimate of drug-likeness (QED) is 0.744. The van der Waals surface area contributed by atoms with Crippen LogP contribution in [0.5, 0.6) is 0 Å². The van der Waals surface area contributed by atoms with Crippen LogP contribution in [0.4, 0.5) is 0 Å². The molecule has 1 fully saturated rings. The number of nitrogens with zero attached hydrogens (tertiary/aromatic N) is 3. The number of aryl methyl sites for hydroxylation is 2. The van der Waals surface area contributed by atoms with Gasteiger partial charge in [-0.1, -0.05) is 19.1 Å². The molecule has 1 aliphatic heterocycles. The first-order valence-electron chi connectivity index (χ1n) is 9.73. The Balaban J connectivity index is 1.67. The number of amides is 1. The van der Waals surface area contributed by atoms with Crippen molar-refractivity contribution in [3.8, 4) is 0 Å². The van der Waals surface area contributed by atoms with Crippen LogP contribution in [0.2, 0.25) is 0 Å². The average Bonchev–Trinajstić information content (AvgIpc) is 2.92. The van der Waals surface area contributed by atoms with E-state index in [1.54, 1.807) is 9.13 Å². The highest BCUT2D eigenvalue weighted by Crippen LogP contribution is 2.15. The van der Waals surface area contributed by atoms with Crippen LogP contribution < -0.4 is 11.0 Å². The van der Waals surface area contributed by atoms with Gasteiger partial charge in [-0.15, -0.1) is 0 Å². The molecule has 0 spiro atoms. The number of hydrogen-bond donors (Lipinski definition) is 1. The molecule has 28 heavy (non-hydrogen) atoms. The van der Waals surface area contributed by atoms with Gasteiger partial charge in [-0.3, -0.25) is 13.9 Å². The molecule has 1 saturated heterocycles. The highest BCUT2D eigenvalue weighted by atomic mass is 32.2. The fourth-order valence-electron chi connectivity index (χ4n) is 3.80. The van der Waals surface area contributed by atoms with Gasteiger partial charge < -0.3 is 5.32 Å². The monoisotopic (exact) mass is 408 g/mol. The van der Waals surface area contributed by atoms with Crippen molar-refractivity contribution in [2.24, 2.45) is 0 Å². The predicted octanol–water partition coefficient (Wildman–Crippen LogP) is 1.14. The van der Waals surface area contributed by atoms with E-state index in [2.05, 4.69) is 5.32 Å². The van der Waals surface area contributed by atoms with E-state index in [4.69, 9.17) is 0 Å². The number of benzene rings is 1. The third-order valence-corrected chi connectivity index (χ3v) is 6.42. The minimum Gasteiger partial charge on any atom is -0.352 e. The standard InChI is InChI=1S/C19H28N4O4S/c1-3-11-22-16-8-4-5-9-17(16)23(19(22)25)13-10-18(24)20-15-7-6-12-21(14-15)28(2,26)27/h4-5,8-9,15H,3,6-7,10-14H2,1-2H3,(H,20,24). The molecule has 1 unspecified atom stereocenters. The Morgan fingerprint density at radius 2 is 1.82 bits per heavy atom. The van der Waals surface area contributed by atoms with Crippen molar-refractivity contribution in [3.63, 3.8) is 0 Å². The fourth-order valence-corrected chi connectivity index (χ4v) is 4.71. The number of nitrogens with one attached hydrogen (secondary N) is 1. The molecule has 1 aromatic heterocycles. The van der Waals surface area contributed by atoms with Gasteiger partial charge in [0.15, 0.2) is 0 Å². The number of sulfonamides is 1. The van der Waals surface area contributed by atoms with E-state index >= 15 is 0 Å². The maximum absolute atomic E-state index is 12.8. The fraction of sp³-hybridized carbons (Fsp3) is 0.579. The van der Waals surface area contributed by atoms with Crippen molar-refractivity contribution in [1.82, 2.24) is 18.8 Å². The highest BCUT2D eigenvalue weighted by molar-refractivity contribution is 7.88. The summed E-state index contributed by atoms with van der Waals surface area (Å²) in [5.41, 5.74) is 1.61. The van der Waals surface area contributed by atoms with Crippen molar-refractivity contribution in [2.75, 3.05) is 19.3 Å². The third-order valence-electron chi connectivity index (χ3n) is 5.15. The Labute approximate surface area is 165 Å². The van der Waals surface area contributed by atoms with Crippen LogP contribution in [0.1, 0.15) is 32.6 Å². The number of para-hydroxylation sites is 2. The predicted molar refractivity (Wildman–Crippen MR) is 109 cm³/mol. The number of aromatic nitrogens is 2. The minimum atomic E-state index is -3.25. The third kappa shape index (κ3) is 4.47. The van der Waals surface area contributed by atoms with Gasteiger partial charge in [-0.25, -0.2) is 17.5 Å². The summed E-state index contributed by atoms with van der Waals surface area (Å²) >= 11 is 0. The van der Waals surface area contributed by atoms with Gasteiger partial charge in [0, 0.05) is 38.6 Å². The lowest BCUT2D eigenvalue weighted by molar-refractivity contribution is -0.122. The number of carbonyl (C=O) groups excluding carboxylic acids is 1. The summed E-state index contributed by atoms with van der Waals surface area (Å²) in [7, 11) is -3.25. The van der Waals surface area contributed by atoms with Crippen LogP contribution in [0.15, 0.2) is 29.1 Å². The number of rotatable bonds is 7. The summed E-state index contributed by atoms with van der Waals surface area (Å²) in [6, 6.07) is 7.42. The molecule has 0 bridgehead atoms. The van der Waals surface area contributed by atoms with E-state index in [0.29, 0.717) is 26.2 Å². The molecular weight excluding hydrogens is 380 g/mol. The average molecular weight is 409 g/mol. The van der Waals surface area contributed by atoms with Crippen LogP contribution in [0, 0.1) is 0 Å². The second-order valence-electron chi connectivity index (χ2n) is 7.35. The number of fused-ring (bicyclic) bond motifs is 1. The largest absolute Gasteiger partial charge is 0.352 e. The minimum absolute atomic E-state index is 0.100. The maximum Gasteiger partial charge on any atom is 0.329 e. The summed E-state index contributed by atoms with van der Waals surface area (Å²) in [6.45, 7) is 3.76. The van der Waals surface area contributed by atoms with Gasteiger partial charge in [0.2, 0.25) is 15.9 Å². The molecule has 3 rings (SSSR count). The molecule has 0 radical (unpaired) electrons. The lowest BCUT2D eigenvalue weighted by atomic mass is 10.1. The maximum atomic E-state index is 12.8. The Morgan fingerprint density at radius 1 is 1.18 bits per heavy atom. The van der Waals surface area contributed by atoms with Gasteiger partial charge in [-0.2, -0.15) is 0 Å². The number of imidazole rings is 1. The van der Waals surface area contributed by atoms with Crippen molar-refractivity contribution in [3.05, 3.63) is 34.7 Å². The molecule has 1 aromatic carbocycles. The van der Waals surface area contributed by atoms with Crippen molar-refractivity contribution >= 4 is 27.0 Å². The Hall–Kier alpha value is -2.13. The van der Waals surface area contributed by atoms with Crippen LogP contribution in [-0.4, -0.2) is 53.2 Å². The molecule has 1 amide bonds. The summed E-state index contributed by atoms with van der Waals surface area (Å²) in [6.07, 6.45) is 3.70. The van der Waals surface area contributed by atoms with E-state index < -0.39 is 10.0 Å². The van der Waals surface area contributed by atoms with E-state index in [1.165, 1.54) is 10.6 Å². The van der Waals surface area contributed by atoms with Gasteiger partial charge in [-0.05, 0) is 31.4 Å². The Kier molecular flexibility index (Phi) is 6.24. The van der Waals surface area contributed by atoms with Gasteiger partial charge >= 0.3 is 5.69 Å². The molecule has 1 aliphatic rings. The lowest BCUT2D eigenvalue weighted by Gasteiger charge is -2.31. The molecular formula is C19H28N4O4S. The zero-order valence-corrected chi connectivity index (χ0v) is 17.2. The van der Waals surface area contributed by atoms with Crippen LogP contribution in [0.25, 0.3) is 11.0 Å². The summed E-state index contributed by atoms with van der Waals surface area (Å²) in [5, 5.41) is 2.92. The zero-order valence-electron chi connectivity index (χ0n) is 16.4. The van der Waals surface area contributed by atoms with E-state index in [9.17, 15) is 18.0 Å². The summed E-state index contributed by atoms with van der Waals surface area (Å²) in [5.74, 6) is -0.167. The zero-order chi connectivity index (χ0) is 20.3. The van der Waals surface area contributed by atoms with Crippen molar-refractivity contribution in [1.29, 1.82) is 0 Å². The van der Waals surface area contributed by atoms with Gasteiger partial charge in [0.25, 0.3) is 0 Å². The van der Waals surface area contributed by atoms with Gasteiger partial charge in [0.05, 0.1) is 17.3 Å². The van der Waals surface area contributed by atoms with E-state index in [0.717, 1.165) is 30.3 Å². The molecule has 2 heterocycles. The Morgan fingerprint density at radius 3 is 2.43 bits per heavy atom. The normalized spacial score (nSPS) is 18.4. The Bertz CT molecular complexity index is 1010. The molecule has 1 atom stereocenters. The SMILES string of the molecule is CCCn1c(=O)n(CCC(=O)NC2CCCN(S(C)(=O)=O)C2)c2ccccc21. The molecule has 9 heteroatoms. The van der Waals surface area contributed by atoms with E-state index in [1.807, 2.05) is 31.2 Å². The number of piperidine rings is 1. The van der Waals surface area contributed by atoms with Crippen molar-refractivity contribution < 1.29 is 13.2 Å². The van der Waals surface area contributed by atoms with Crippen molar-refractivity contribution in [2.45, 2.75) is 51.7 Å². The molecule has 0 saturated carbocycles. The summed E-state index contributed by atoms with van der Waals surface area (Å²) in [4.78, 5) is 25.2. The topological polar surface area (TPSA) is 93.4 Å². The first-order valence-corrected chi connectivity index (χ1v) is 11.6. The van der Waals surface area contributed by atoms with Gasteiger partial charge in [0.1, 0.15) is 0 Å². The second kappa shape index (κ2) is 8.48. The van der Waals surface area contributed by atoms with Crippen LogP contribution in [0.3, 0.4) is 0 Å². The number of hydrogen-bond acceptors (Lipinski definition) is 4. The first-order chi connectivity index (χ1) is 13.3. The molecule has 8 nitrogen and oxygen atoms in total. The second-order valence-corrected chi connectivity index (χ2v) is 9.33. The number of carbonyl (C=O) groups is 1. The molecule has 1 N–H and O–H groups in total. The lowest BCUT2D eigenvalue weighted by Crippen LogP contribution is -2.49. The first kappa shape index (κ1) is 20.6. The molecule has 154 valence electrons.